The van der Waals surface area contributed by atoms with Crippen LogP contribution in [0.3, 0.4) is 0 Å². The predicted molar refractivity (Wildman–Crippen MR) is 189 cm³/mol. The van der Waals surface area contributed by atoms with E-state index in [9.17, 15) is 29.7 Å². The van der Waals surface area contributed by atoms with Crippen LogP contribution >= 0.6 is 0 Å². The minimum atomic E-state index is -1.15. The third-order valence-electron chi connectivity index (χ3n) is 9.98. The highest BCUT2D eigenvalue weighted by atomic mass is 16.4. The lowest BCUT2D eigenvalue weighted by Crippen LogP contribution is -2.59. The molecule has 0 aromatic rings. The Hall–Kier alpha value is -1.89. The van der Waals surface area contributed by atoms with Gasteiger partial charge in [0.25, 0.3) is 0 Å². The van der Waals surface area contributed by atoms with Crippen molar-refractivity contribution in [1.82, 2.24) is 0 Å². The maximum atomic E-state index is 12.0. The summed E-state index contributed by atoms with van der Waals surface area (Å²) in [5.41, 5.74) is 0. The zero-order chi connectivity index (χ0) is 34.5. The molecule has 0 aromatic heterocycles. The van der Waals surface area contributed by atoms with E-state index in [1.54, 1.807) is 6.92 Å². The van der Waals surface area contributed by atoms with Crippen LogP contribution in [-0.4, -0.2) is 58.8 Å². The molecular weight excluding hydrogens is 578 g/mol. The second-order valence-corrected chi connectivity index (χ2v) is 14.0. The Morgan fingerprint density at radius 2 is 0.848 bits per heavy atom. The van der Waals surface area contributed by atoms with Crippen LogP contribution in [0.4, 0.5) is 0 Å². The third-order valence-corrected chi connectivity index (χ3v) is 9.98. The quantitative estimate of drug-likeness (QED) is 0.0407. The zero-order valence-corrected chi connectivity index (χ0v) is 30.5. The summed E-state index contributed by atoms with van der Waals surface area (Å²) >= 11 is 0. The summed E-state index contributed by atoms with van der Waals surface area (Å²) in [4.78, 5) is 35.9. The first-order valence-corrected chi connectivity index (χ1v) is 19.3. The lowest BCUT2D eigenvalue weighted by atomic mass is 9.95. The Labute approximate surface area is 283 Å². The number of unbranched alkanes of at least 4 members (excludes halogenated alkanes) is 18. The molecule has 0 aromatic carbocycles. The molecule has 0 spiro atoms. The first-order chi connectivity index (χ1) is 22.2. The Kier molecular flexibility index (Phi) is 28.1. The molecule has 0 fully saturated rings. The van der Waals surface area contributed by atoms with Crippen LogP contribution in [0, 0.1) is 17.8 Å². The average molecular weight is 652 g/mol. The van der Waals surface area contributed by atoms with Crippen molar-refractivity contribution in [1.29, 1.82) is 0 Å². The van der Waals surface area contributed by atoms with E-state index in [0.717, 1.165) is 19.3 Å². The molecular formula is C39H73NO6. The molecule has 0 aliphatic rings. The van der Waals surface area contributed by atoms with Crippen LogP contribution < -0.4 is 5.11 Å². The molecule has 3 atom stereocenters. The SMILES string of the molecule is CCCCCCCCCCCCCCCCCCC/C=C/CCC[N+](CC(CC)C(=O)[O-])(CC(CC)C(=O)O)CC(CC)C(=O)O. The maximum Gasteiger partial charge on any atom is 0.312 e. The van der Waals surface area contributed by atoms with Gasteiger partial charge in [0.1, 0.15) is 11.8 Å². The molecule has 7 heteroatoms. The number of carbonyl (C=O) groups excluding carboxylic acids is 1. The lowest BCUT2D eigenvalue weighted by Gasteiger charge is -2.44. The summed E-state index contributed by atoms with van der Waals surface area (Å²) in [5.74, 6) is -5.02. The maximum absolute atomic E-state index is 12.0. The van der Waals surface area contributed by atoms with E-state index in [0.29, 0.717) is 25.8 Å². The topological polar surface area (TPSA) is 115 Å². The molecule has 0 amide bonds. The number of rotatable bonds is 34. The van der Waals surface area contributed by atoms with E-state index in [4.69, 9.17) is 0 Å². The van der Waals surface area contributed by atoms with E-state index >= 15 is 0 Å². The van der Waals surface area contributed by atoms with Gasteiger partial charge in [-0.25, -0.2) is 0 Å². The van der Waals surface area contributed by atoms with Crippen molar-refractivity contribution in [2.24, 2.45) is 17.8 Å². The van der Waals surface area contributed by atoms with E-state index < -0.39 is 35.7 Å². The normalized spacial score (nSPS) is 15.0. The number of quaternary nitrogens is 1. The van der Waals surface area contributed by atoms with Gasteiger partial charge in [-0.2, -0.15) is 0 Å². The summed E-state index contributed by atoms with van der Waals surface area (Å²) in [6, 6.07) is 0. The van der Waals surface area contributed by atoms with Crippen LogP contribution in [0.5, 0.6) is 0 Å². The highest BCUT2D eigenvalue weighted by Crippen LogP contribution is 2.25. The fourth-order valence-electron chi connectivity index (χ4n) is 6.80. The van der Waals surface area contributed by atoms with Gasteiger partial charge in [0, 0.05) is 12.3 Å². The lowest BCUT2D eigenvalue weighted by molar-refractivity contribution is -0.935. The number of hydrogen-bond acceptors (Lipinski definition) is 4. The fraction of sp³-hybridized carbons (Fsp3) is 0.872. The van der Waals surface area contributed by atoms with Crippen LogP contribution in [0.25, 0.3) is 0 Å². The first-order valence-electron chi connectivity index (χ1n) is 19.3. The van der Waals surface area contributed by atoms with Crippen molar-refractivity contribution >= 4 is 17.9 Å². The van der Waals surface area contributed by atoms with Crippen LogP contribution in [-0.2, 0) is 14.4 Å². The molecule has 270 valence electrons. The van der Waals surface area contributed by atoms with Gasteiger partial charge in [0.15, 0.2) is 0 Å². The Morgan fingerprint density at radius 1 is 0.522 bits per heavy atom. The Morgan fingerprint density at radius 3 is 1.17 bits per heavy atom. The van der Waals surface area contributed by atoms with Crippen LogP contribution in [0.1, 0.15) is 175 Å². The molecule has 46 heavy (non-hydrogen) atoms. The molecule has 7 nitrogen and oxygen atoms in total. The molecule has 0 saturated heterocycles. The zero-order valence-electron chi connectivity index (χ0n) is 30.5. The molecule has 0 saturated carbocycles. The monoisotopic (exact) mass is 652 g/mol. The van der Waals surface area contributed by atoms with Gasteiger partial charge in [0.05, 0.1) is 32.1 Å². The fourth-order valence-corrected chi connectivity index (χ4v) is 6.80. The molecule has 0 radical (unpaired) electrons. The average Bonchev–Trinajstić information content (AvgIpc) is 3.03. The smallest absolute Gasteiger partial charge is 0.312 e. The molecule has 0 rings (SSSR count). The van der Waals surface area contributed by atoms with Gasteiger partial charge in [-0.1, -0.05) is 143 Å². The van der Waals surface area contributed by atoms with Crippen molar-refractivity contribution in [3.63, 3.8) is 0 Å². The molecule has 3 unspecified atom stereocenters. The Balaban J connectivity index is 4.49. The van der Waals surface area contributed by atoms with E-state index in [1.165, 1.54) is 109 Å². The summed E-state index contributed by atoms with van der Waals surface area (Å²) in [6.07, 6.45) is 31.5. The standard InChI is InChI=1S/C39H73NO6/c1-5-9-10-11-12-13-14-15-16-17-18-19-20-21-22-23-24-25-26-27-28-29-30-40(31-34(6-2)37(41)42,32-35(7-3)38(43)44)33-36(8-4)39(45)46/h26-27,34-36H,5-25,28-33H2,1-4H3,(H2-,41,42,43,44,45,46)/b27-26+. The summed E-state index contributed by atoms with van der Waals surface area (Å²) in [6.45, 7) is 8.94. The second kappa shape index (κ2) is 29.3. The van der Waals surface area contributed by atoms with E-state index in [2.05, 4.69) is 19.1 Å². The summed E-state index contributed by atoms with van der Waals surface area (Å²) in [7, 11) is 0. The van der Waals surface area contributed by atoms with Gasteiger partial charge in [-0.3, -0.25) is 9.59 Å². The summed E-state index contributed by atoms with van der Waals surface area (Å²) in [5, 5.41) is 31.5. The number of allylic oxidation sites excluding steroid dienone is 2. The first kappa shape index (κ1) is 44.1. The number of nitrogens with zero attached hydrogens (tertiary/aromatic N) is 1. The van der Waals surface area contributed by atoms with Gasteiger partial charge >= 0.3 is 11.9 Å². The van der Waals surface area contributed by atoms with Crippen LogP contribution in [0.2, 0.25) is 0 Å². The van der Waals surface area contributed by atoms with Gasteiger partial charge in [0.2, 0.25) is 0 Å². The third kappa shape index (κ3) is 22.6. The van der Waals surface area contributed by atoms with Crippen molar-refractivity contribution in [3.8, 4) is 0 Å². The minimum absolute atomic E-state index is 0.190. The number of hydrogen-bond donors (Lipinski definition) is 2. The molecule has 0 aliphatic carbocycles. The number of carboxylic acids is 3. The number of carbonyl (C=O) groups is 3. The van der Waals surface area contributed by atoms with Crippen molar-refractivity contribution in [2.45, 2.75) is 175 Å². The number of aliphatic carboxylic acids is 3. The van der Waals surface area contributed by atoms with Crippen molar-refractivity contribution in [2.75, 3.05) is 26.2 Å². The van der Waals surface area contributed by atoms with E-state index in [1.807, 2.05) is 13.8 Å². The van der Waals surface area contributed by atoms with Crippen molar-refractivity contribution < 1.29 is 34.2 Å². The van der Waals surface area contributed by atoms with Gasteiger partial charge in [-0.15, -0.1) is 0 Å². The molecule has 0 aliphatic heterocycles. The Bertz CT molecular complexity index is 738. The van der Waals surface area contributed by atoms with Gasteiger partial charge in [-0.05, 0) is 38.5 Å². The van der Waals surface area contributed by atoms with Gasteiger partial charge < -0.3 is 24.6 Å². The molecule has 2 N–H and O–H groups in total. The molecule has 0 heterocycles. The molecule has 0 bridgehead atoms. The van der Waals surface area contributed by atoms with Crippen molar-refractivity contribution in [3.05, 3.63) is 12.2 Å². The minimum Gasteiger partial charge on any atom is -0.550 e. The highest BCUT2D eigenvalue weighted by molar-refractivity contribution is 5.70. The predicted octanol–water partition coefficient (Wildman–Crippen LogP) is 9.18. The summed E-state index contributed by atoms with van der Waals surface area (Å²) < 4.78 is 0.190. The van der Waals surface area contributed by atoms with Crippen LogP contribution in [0.15, 0.2) is 12.2 Å². The highest BCUT2D eigenvalue weighted by Gasteiger charge is 2.39. The van der Waals surface area contributed by atoms with E-state index in [-0.39, 0.29) is 24.1 Å². The second-order valence-electron chi connectivity index (χ2n) is 14.0. The number of carboxylic acid groups (broad SMARTS) is 3. The largest absolute Gasteiger partial charge is 0.550 e.